The van der Waals surface area contributed by atoms with Crippen molar-refractivity contribution in [1.82, 2.24) is 0 Å². The van der Waals surface area contributed by atoms with Crippen molar-refractivity contribution in [2.24, 2.45) is 5.41 Å². The predicted octanol–water partition coefficient (Wildman–Crippen LogP) is 1.80. The molecule has 0 bridgehead atoms. The molecule has 0 aromatic carbocycles. The summed E-state index contributed by atoms with van der Waals surface area (Å²) in [6.07, 6.45) is 0.218. The van der Waals surface area contributed by atoms with Crippen LogP contribution >= 0.6 is 0 Å². The lowest BCUT2D eigenvalue weighted by Gasteiger charge is -2.17. The van der Waals surface area contributed by atoms with Crippen LogP contribution in [0.25, 0.3) is 0 Å². The molecule has 0 aromatic heterocycles. The van der Waals surface area contributed by atoms with Gasteiger partial charge in [-0.1, -0.05) is 20.8 Å². The van der Waals surface area contributed by atoms with Crippen LogP contribution in [-0.2, 0) is 9.53 Å². The van der Waals surface area contributed by atoms with Gasteiger partial charge in [-0.25, -0.2) is 0 Å². The van der Waals surface area contributed by atoms with E-state index in [0.29, 0.717) is 6.61 Å². The molecule has 0 aromatic rings. The molecule has 0 spiro atoms. The Hall–Kier alpha value is -0.530. The van der Waals surface area contributed by atoms with E-state index in [-0.39, 0.29) is 17.8 Å². The highest BCUT2D eigenvalue weighted by Crippen LogP contribution is 2.12. The van der Waals surface area contributed by atoms with Gasteiger partial charge < -0.3 is 4.74 Å². The minimum Gasteiger partial charge on any atom is -0.465 e. The van der Waals surface area contributed by atoms with Gasteiger partial charge >= 0.3 is 5.97 Å². The monoisotopic (exact) mass is 143 g/mol. The Kier molecular flexibility index (Phi) is 3.40. The molecule has 59 valence electrons. The van der Waals surface area contributed by atoms with E-state index in [1.165, 1.54) is 0 Å². The van der Waals surface area contributed by atoms with Crippen molar-refractivity contribution in [3.8, 4) is 0 Å². The van der Waals surface area contributed by atoms with Crippen molar-refractivity contribution in [2.75, 3.05) is 6.61 Å². The van der Waals surface area contributed by atoms with Crippen LogP contribution in [0.15, 0.2) is 0 Å². The average molecular weight is 143 g/mol. The molecule has 0 amide bonds. The Balaban J connectivity index is 3.46. The minimum atomic E-state index is -0.227. The highest BCUT2D eigenvalue weighted by molar-refractivity contribution is 5.69. The molecule has 0 heterocycles. The van der Waals surface area contributed by atoms with Crippen molar-refractivity contribution in [1.29, 1.82) is 0 Å². The van der Waals surface area contributed by atoms with Crippen LogP contribution in [0.3, 0.4) is 0 Å². The van der Waals surface area contributed by atoms with Gasteiger partial charge in [-0.05, 0) is 12.3 Å². The molecule has 10 heavy (non-hydrogen) atoms. The van der Waals surface area contributed by atoms with Gasteiger partial charge in [0.05, 0.1) is 6.61 Å². The van der Waals surface area contributed by atoms with Crippen molar-refractivity contribution in [3.05, 3.63) is 6.92 Å². The Labute approximate surface area is 62.6 Å². The lowest BCUT2D eigenvalue weighted by Crippen LogP contribution is -2.17. The lowest BCUT2D eigenvalue weighted by molar-refractivity contribution is -0.145. The van der Waals surface area contributed by atoms with Crippen molar-refractivity contribution in [2.45, 2.75) is 27.2 Å². The molecule has 0 fully saturated rings. The van der Waals surface area contributed by atoms with Gasteiger partial charge in [0.1, 0.15) is 0 Å². The third kappa shape index (κ3) is 5.60. The van der Waals surface area contributed by atoms with Crippen LogP contribution in [0.4, 0.5) is 0 Å². The van der Waals surface area contributed by atoms with Crippen molar-refractivity contribution in [3.63, 3.8) is 0 Å². The molecule has 0 unspecified atom stereocenters. The summed E-state index contributed by atoms with van der Waals surface area (Å²) in [6, 6.07) is 0. The number of carbonyl (C=O) groups excluding carboxylic acids is 1. The van der Waals surface area contributed by atoms with E-state index >= 15 is 0 Å². The number of esters is 1. The molecule has 0 rings (SSSR count). The molecule has 2 heteroatoms. The van der Waals surface area contributed by atoms with Crippen LogP contribution in [0.2, 0.25) is 0 Å². The Morgan fingerprint density at radius 2 is 2.00 bits per heavy atom. The summed E-state index contributed by atoms with van der Waals surface area (Å²) < 4.78 is 4.85. The Morgan fingerprint density at radius 1 is 1.50 bits per heavy atom. The molecule has 0 aliphatic heterocycles. The van der Waals surface area contributed by atoms with Gasteiger partial charge in [-0.3, -0.25) is 4.79 Å². The molecule has 2 nitrogen and oxygen atoms in total. The summed E-state index contributed by atoms with van der Waals surface area (Å²) in [5.41, 5.74) is 0.0603. The second-order valence-corrected chi connectivity index (χ2v) is 3.47. The number of hydrogen-bond acceptors (Lipinski definition) is 2. The summed E-state index contributed by atoms with van der Waals surface area (Å²) in [7, 11) is 0. The third-order valence-electron chi connectivity index (χ3n) is 0.870. The summed E-state index contributed by atoms with van der Waals surface area (Å²) in [5.74, 6) is -0.227. The van der Waals surface area contributed by atoms with Crippen LogP contribution < -0.4 is 0 Å². The fourth-order valence-corrected chi connectivity index (χ4v) is 0.369. The predicted molar refractivity (Wildman–Crippen MR) is 40.4 cm³/mol. The van der Waals surface area contributed by atoms with Crippen LogP contribution in [-0.4, -0.2) is 12.6 Å². The number of hydrogen-bond donors (Lipinski definition) is 0. The van der Waals surface area contributed by atoms with E-state index in [2.05, 4.69) is 6.92 Å². The van der Waals surface area contributed by atoms with E-state index in [9.17, 15) is 4.79 Å². The first kappa shape index (κ1) is 9.47. The zero-order valence-electron chi connectivity index (χ0n) is 6.94. The van der Waals surface area contributed by atoms with Crippen molar-refractivity contribution < 1.29 is 9.53 Å². The highest BCUT2D eigenvalue weighted by Gasteiger charge is 2.12. The molecule has 0 atom stereocenters. The zero-order chi connectivity index (χ0) is 8.20. The van der Waals surface area contributed by atoms with Gasteiger partial charge in [0.25, 0.3) is 0 Å². The minimum absolute atomic E-state index is 0.0603. The maximum Gasteiger partial charge on any atom is 0.305 e. The van der Waals surface area contributed by atoms with E-state index in [4.69, 9.17) is 4.74 Å². The van der Waals surface area contributed by atoms with E-state index < -0.39 is 0 Å². The highest BCUT2D eigenvalue weighted by atomic mass is 16.5. The summed E-state index contributed by atoms with van der Waals surface area (Å²) in [6.45, 7) is 9.94. The normalized spacial score (nSPS) is 11.2. The smallest absolute Gasteiger partial charge is 0.305 e. The number of carbonyl (C=O) groups is 1. The summed E-state index contributed by atoms with van der Waals surface area (Å²) in [5, 5.41) is 0. The molecule has 1 radical (unpaired) electrons. The quantitative estimate of drug-likeness (QED) is 0.551. The van der Waals surface area contributed by atoms with Gasteiger partial charge in [-0.2, -0.15) is 0 Å². The summed E-state index contributed by atoms with van der Waals surface area (Å²) in [4.78, 5) is 10.6. The fourth-order valence-electron chi connectivity index (χ4n) is 0.369. The maximum atomic E-state index is 10.6. The molecule has 0 saturated heterocycles. The topological polar surface area (TPSA) is 26.3 Å². The number of ether oxygens (including phenoxy) is 1. The maximum absolute atomic E-state index is 10.6. The van der Waals surface area contributed by atoms with Crippen LogP contribution in [0, 0.1) is 12.3 Å². The zero-order valence-corrected chi connectivity index (χ0v) is 6.94. The Morgan fingerprint density at radius 3 is 2.30 bits per heavy atom. The average Bonchev–Trinajstić information content (AvgIpc) is 1.81. The Bertz CT molecular complexity index is 111. The molecule has 0 saturated carbocycles. The van der Waals surface area contributed by atoms with Crippen LogP contribution in [0.1, 0.15) is 27.2 Å². The van der Waals surface area contributed by atoms with Gasteiger partial charge in [0.15, 0.2) is 0 Å². The molecule has 0 aliphatic carbocycles. The first-order valence-electron chi connectivity index (χ1n) is 3.40. The van der Waals surface area contributed by atoms with E-state index in [1.807, 2.05) is 20.8 Å². The largest absolute Gasteiger partial charge is 0.465 e. The van der Waals surface area contributed by atoms with Crippen molar-refractivity contribution >= 4 is 5.97 Å². The van der Waals surface area contributed by atoms with E-state index in [1.54, 1.807) is 0 Å². The fraction of sp³-hybridized carbons (Fsp3) is 0.750. The van der Waals surface area contributed by atoms with Crippen LogP contribution in [0.5, 0.6) is 0 Å². The third-order valence-corrected chi connectivity index (χ3v) is 0.870. The second-order valence-electron chi connectivity index (χ2n) is 3.47. The van der Waals surface area contributed by atoms with E-state index in [0.717, 1.165) is 0 Å². The van der Waals surface area contributed by atoms with Gasteiger partial charge in [0.2, 0.25) is 0 Å². The van der Waals surface area contributed by atoms with Gasteiger partial charge in [-0.15, -0.1) is 0 Å². The lowest BCUT2D eigenvalue weighted by atomic mass is 9.99. The second kappa shape index (κ2) is 3.59. The molecular formula is C8H15O2. The molecule has 0 N–H and O–H groups in total. The number of rotatable bonds is 2. The molecule has 0 aliphatic rings. The SMILES string of the molecule is [CH2]CC(=O)OCC(C)(C)C. The standard InChI is InChI=1S/C8H15O2/c1-5-7(9)10-6-8(2,3)4/h1,5-6H2,2-4H3. The summed E-state index contributed by atoms with van der Waals surface area (Å²) >= 11 is 0. The first-order chi connectivity index (χ1) is 4.45. The molecular weight excluding hydrogens is 128 g/mol. The first-order valence-corrected chi connectivity index (χ1v) is 3.40. The van der Waals surface area contributed by atoms with Gasteiger partial charge in [0, 0.05) is 6.42 Å².